The Bertz CT molecular complexity index is 622. The lowest BCUT2D eigenvalue weighted by molar-refractivity contribution is 0.213. The van der Waals surface area contributed by atoms with Gasteiger partial charge in [0.2, 0.25) is 0 Å². The van der Waals surface area contributed by atoms with Crippen LogP contribution in [0.1, 0.15) is 17.3 Å². The zero-order valence-corrected chi connectivity index (χ0v) is 12.6. The SMILES string of the molecule is CN1C(S)=C(c2ccccc2)N(C)C1c1ccccc1. The van der Waals surface area contributed by atoms with Crippen LogP contribution < -0.4 is 0 Å². The smallest absolute Gasteiger partial charge is 0.128 e. The van der Waals surface area contributed by atoms with E-state index >= 15 is 0 Å². The molecule has 0 amide bonds. The Morgan fingerprint density at radius 3 is 1.95 bits per heavy atom. The van der Waals surface area contributed by atoms with Crippen LogP contribution in [0, 0.1) is 0 Å². The molecule has 1 atom stereocenters. The van der Waals surface area contributed by atoms with E-state index in [-0.39, 0.29) is 6.17 Å². The maximum absolute atomic E-state index is 4.73. The summed E-state index contributed by atoms with van der Waals surface area (Å²) in [7, 11) is 4.21. The minimum Gasteiger partial charge on any atom is -0.348 e. The average Bonchev–Trinajstić information content (AvgIpc) is 2.71. The molecule has 2 aromatic carbocycles. The van der Waals surface area contributed by atoms with E-state index in [1.807, 2.05) is 12.1 Å². The van der Waals surface area contributed by atoms with Gasteiger partial charge in [-0.15, -0.1) is 12.6 Å². The molecule has 0 saturated heterocycles. The lowest BCUT2D eigenvalue weighted by Crippen LogP contribution is -2.27. The number of benzene rings is 2. The predicted molar refractivity (Wildman–Crippen MR) is 87.1 cm³/mol. The van der Waals surface area contributed by atoms with Crippen molar-refractivity contribution in [3.63, 3.8) is 0 Å². The van der Waals surface area contributed by atoms with Crippen LogP contribution in [0.2, 0.25) is 0 Å². The van der Waals surface area contributed by atoms with Crippen molar-refractivity contribution < 1.29 is 0 Å². The van der Waals surface area contributed by atoms with Gasteiger partial charge in [0.05, 0.1) is 10.7 Å². The van der Waals surface area contributed by atoms with Crippen molar-refractivity contribution in [2.75, 3.05) is 14.1 Å². The van der Waals surface area contributed by atoms with Crippen molar-refractivity contribution >= 4 is 18.3 Å². The first-order valence-corrected chi connectivity index (χ1v) is 7.14. The average molecular weight is 282 g/mol. The quantitative estimate of drug-likeness (QED) is 0.837. The van der Waals surface area contributed by atoms with E-state index in [4.69, 9.17) is 12.6 Å². The van der Waals surface area contributed by atoms with Gasteiger partial charge in [-0.1, -0.05) is 60.7 Å². The van der Waals surface area contributed by atoms with Gasteiger partial charge in [0.25, 0.3) is 0 Å². The molecule has 1 aliphatic rings. The molecule has 1 unspecified atom stereocenters. The number of hydrogen-bond donors (Lipinski definition) is 1. The zero-order chi connectivity index (χ0) is 14.1. The van der Waals surface area contributed by atoms with Gasteiger partial charge in [0.1, 0.15) is 6.17 Å². The van der Waals surface area contributed by atoms with E-state index in [0.717, 1.165) is 5.03 Å². The summed E-state index contributed by atoms with van der Waals surface area (Å²) < 4.78 is 0. The predicted octanol–water partition coefficient (Wildman–Crippen LogP) is 3.82. The van der Waals surface area contributed by atoms with Gasteiger partial charge in [-0.05, 0) is 5.56 Å². The summed E-state index contributed by atoms with van der Waals surface area (Å²) in [6.45, 7) is 0. The summed E-state index contributed by atoms with van der Waals surface area (Å²) in [4.78, 5) is 4.49. The van der Waals surface area contributed by atoms with Gasteiger partial charge in [0, 0.05) is 19.7 Å². The van der Waals surface area contributed by atoms with Crippen LogP contribution in [-0.4, -0.2) is 23.9 Å². The molecule has 0 radical (unpaired) electrons. The second-order valence-electron chi connectivity index (χ2n) is 5.04. The molecule has 1 aliphatic heterocycles. The Morgan fingerprint density at radius 1 is 0.800 bits per heavy atom. The molecule has 0 bridgehead atoms. The normalized spacial score (nSPS) is 18.9. The molecule has 1 heterocycles. The lowest BCUT2D eigenvalue weighted by Gasteiger charge is -2.30. The summed E-state index contributed by atoms with van der Waals surface area (Å²) in [6, 6.07) is 20.9. The molecule has 3 rings (SSSR count). The van der Waals surface area contributed by atoms with Crippen molar-refractivity contribution in [1.29, 1.82) is 0 Å². The Hall–Kier alpha value is -1.87. The number of nitrogens with zero attached hydrogens (tertiary/aromatic N) is 2. The third-order valence-corrected chi connectivity index (χ3v) is 4.30. The van der Waals surface area contributed by atoms with E-state index in [9.17, 15) is 0 Å². The van der Waals surface area contributed by atoms with E-state index < -0.39 is 0 Å². The Labute approximate surface area is 125 Å². The maximum atomic E-state index is 4.73. The molecule has 0 N–H and O–H groups in total. The molecule has 0 saturated carbocycles. The second kappa shape index (κ2) is 5.25. The first-order valence-electron chi connectivity index (χ1n) is 6.69. The second-order valence-corrected chi connectivity index (χ2v) is 5.47. The fraction of sp³-hybridized carbons (Fsp3) is 0.176. The molecular formula is C17H18N2S. The number of rotatable bonds is 2. The fourth-order valence-corrected chi connectivity index (χ4v) is 3.22. The van der Waals surface area contributed by atoms with Crippen LogP contribution in [-0.2, 0) is 0 Å². The first kappa shape index (κ1) is 13.1. The maximum Gasteiger partial charge on any atom is 0.128 e. The van der Waals surface area contributed by atoms with Gasteiger partial charge in [-0.25, -0.2) is 0 Å². The van der Waals surface area contributed by atoms with Crippen LogP contribution in [0.5, 0.6) is 0 Å². The van der Waals surface area contributed by atoms with Gasteiger partial charge >= 0.3 is 0 Å². The van der Waals surface area contributed by atoms with Crippen LogP contribution in [0.4, 0.5) is 0 Å². The van der Waals surface area contributed by atoms with E-state index in [1.165, 1.54) is 16.8 Å². The van der Waals surface area contributed by atoms with Gasteiger partial charge in [0.15, 0.2) is 0 Å². The highest BCUT2D eigenvalue weighted by Crippen LogP contribution is 2.42. The van der Waals surface area contributed by atoms with E-state index in [1.54, 1.807) is 0 Å². The fourth-order valence-electron chi connectivity index (χ4n) is 2.82. The highest BCUT2D eigenvalue weighted by molar-refractivity contribution is 7.84. The Morgan fingerprint density at radius 2 is 1.35 bits per heavy atom. The highest BCUT2D eigenvalue weighted by atomic mass is 32.1. The van der Waals surface area contributed by atoms with Crippen molar-refractivity contribution in [3.8, 4) is 0 Å². The highest BCUT2D eigenvalue weighted by Gasteiger charge is 2.33. The van der Waals surface area contributed by atoms with Crippen molar-refractivity contribution in [1.82, 2.24) is 9.80 Å². The van der Waals surface area contributed by atoms with Gasteiger partial charge < -0.3 is 9.80 Å². The van der Waals surface area contributed by atoms with Crippen molar-refractivity contribution in [3.05, 3.63) is 76.8 Å². The number of thiol groups is 1. The van der Waals surface area contributed by atoms with Crippen LogP contribution >= 0.6 is 12.6 Å². The standard InChI is InChI=1S/C17H18N2S/c1-18-15(13-9-5-3-6-10-13)17(20)19(2)16(18)14-11-7-4-8-12-14/h3-12,16,20H,1-2H3. The van der Waals surface area contributed by atoms with Crippen LogP contribution in [0.3, 0.4) is 0 Å². The van der Waals surface area contributed by atoms with Crippen molar-refractivity contribution in [2.24, 2.45) is 0 Å². The van der Waals surface area contributed by atoms with Crippen LogP contribution in [0.15, 0.2) is 65.7 Å². The van der Waals surface area contributed by atoms with Gasteiger partial charge in [-0.2, -0.15) is 0 Å². The lowest BCUT2D eigenvalue weighted by atomic mass is 10.1. The molecule has 2 nitrogen and oxygen atoms in total. The molecular weight excluding hydrogens is 264 g/mol. The van der Waals surface area contributed by atoms with Gasteiger partial charge in [-0.3, -0.25) is 0 Å². The molecule has 102 valence electrons. The third-order valence-electron chi connectivity index (χ3n) is 3.78. The summed E-state index contributed by atoms with van der Waals surface area (Å²) in [5.41, 5.74) is 3.64. The number of hydrogen-bond acceptors (Lipinski definition) is 3. The summed E-state index contributed by atoms with van der Waals surface area (Å²) in [5, 5.41) is 1.01. The monoisotopic (exact) mass is 282 g/mol. The van der Waals surface area contributed by atoms with Crippen molar-refractivity contribution in [2.45, 2.75) is 6.17 Å². The Balaban J connectivity index is 2.02. The summed E-state index contributed by atoms with van der Waals surface area (Å²) in [6.07, 6.45) is 0.193. The Kier molecular flexibility index (Phi) is 3.45. The molecule has 0 aliphatic carbocycles. The largest absolute Gasteiger partial charge is 0.348 e. The summed E-state index contributed by atoms with van der Waals surface area (Å²) in [5.74, 6) is 0. The molecule has 3 heteroatoms. The van der Waals surface area contributed by atoms with Crippen LogP contribution in [0.25, 0.3) is 5.70 Å². The van der Waals surface area contributed by atoms with E-state index in [2.05, 4.69) is 72.4 Å². The molecule has 0 spiro atoms. The third kappa shape index (κ3) is 2.08. The summed E-state index contributed by atoms with van der Waals surface area (Å²) >= 11 is 4.73. The van der Waals surface area contributed by atoms with E-state index in [0.29, 0.717) is 0 Å². The topological polar surface area (TPSA) is 6.48 Å². The molecule has 0 fully saturated rings. The first-order chi connectivity index (χ1) is 9.70. The minimum atomic E-state index is 0.193. The minimum absolute atomic E-state index is 0.193. The molecule has 0 aromatic heterocycles. The zero-order valence-electron chi connectivity index (χ0n) is 11.7. The molecule has 2 aromatic rings. The molecule has 20 heavy (non-hydrogen) atoms.